The van der Waals surface area contributed by atoms with Crippen LogP contribution in [0.4, 0.5) is 0 Å². The van der Waals surface area contributed by atoms with Crippen LogP contribution in [0.2, 0.25) is 0 Å². The molecule has 5 heteroatoms. The molecule has 2 heterocycles. The van der Waals surface area contributed by atoms with Crippen LogP contribution in [-0.2, 0) is 17.8 Å². The molecule has 0 unspecified atom stereocenters. The minimum atomic E-state index is 0.155. The third-order valence-corrected chi connectivity index (χ3v) is 4.60. The number of carbonyl (C=O) groups is 1. The monoisotopic (exact) mass is 313 g/mol. The Hall–Kier alpha value is -1.88. The van der Waals surface area contributed by atoms with Gasteiger partial charge in [-0.25, -0.2) is 9.97 Å². The topological polar surface area (TPSA) is 46.1 Å². The average molecular weight is 313 g/mol. The summed E-state index contributed by atoms with van der Waals surface area (Å²) in [6.07, 6.45) is 0.937. The van der Waals surface area contributed by atoms with E-state index >= 15 is 0 Å². The maximum absolute atomic E-state index is 12.4. The SMILES string of the molecule is Cc1cc(C)nc(SCC(=O)N2CCc3ccccc3C2)n1. The van der Waals surface area contributed by atoms with Crippen LogP contribution in [0.3, 0.4) is 0 Å². The van der Waals surface area contributed by atoms with E-state index in [1.165, 1.54) is 22.9 Å². The smallest absolute Gasteiger partial charge is 0.233 e. The molecule has 114 valence electrons. The van der Waals surface area contributed by atoms with Gasteiger partial charge in [-0.1, -0.05) is 36.0 Å². The van der Waals surface area contributed by atoms with Crippen molar-refractivity contribution in [2.75, 3.05) is 12.3 Å². The molecule has 22 heavy (non-hydrogen) atoms. The Kier molecular flexibility index (Phi) is 4.43. The highest BCUT2D eigenvalue weighted by molar-refractivity contribution is 7.99. The second-order valence-corrected chi connectivity index (χ2v) is 6.50. The number of amides is 1. The number of hydrogen-bond acceptors (Lipinski definition) is 4. The van der Waals surface area contributed by atoms with Gasteiger partial charge in [0.2, 0.25) is 5.91 Å². The van der Waals surface area contributed by atoms with E-state index in [9.17, 15) is 4.79 Å². The number of benzene rings is 1. The number of hydrogen-bond donors (Lipinski definition) is 0. The lowest BCUT2D eigenvalue weighted by Gasteiger charge is -2.28. The van der Waals surface area contributed by atoms with Gasteiger partial charge in [-0.15, -0.1) is 0 Å². The first-order valence-electron chi connectivity index (χ1n) is 7.41. The predicted molar refractivity (Wildman–Crippen MR) is 87.8 cm³/mol. The van der Waals surface area contributed by atoms with Crippen LogP contribution in [0.1, 0.15) is 22.5 Å². The molecular weight excluding hydrogens is 294 g/mol. The molecule has 1 aliphatic rings. The van der Waals surface area contributed by atoms with Crippen molar-refractivity contribution in [1.82, 2.24) is 14.9 Å². The van der Waals surface area contributed by atoms with E-state index in [4.69, 9.17) is 0 Å². The Morgan fingerprint density at radius 2 is 1.86 bits per heavy atom. The number of rotatable bonds is 3. The summed E-state index contributed by atoms with van der Waals surface area (Å²) in [6, 6.07) is 10.3. The first-order chi connectivity index (χ1) is 10.6. The number of nitrogens with zero attached hydrogens (tertiary/aromatic N) is 3. The van der Waals surface area contributed by atoms with Crippen molar-refractivity contribution in [3.05, 3.63) is 52.8 Å². The Morgan fingerprint density at radius 1 is 1.18 bits per heavy atom. The van der Waals surface area contributed by atoms with Crippen molar-refractivity contribution in [2.45, 2.75) is 32.0 Å². The summed E-state index contributed by atoms with van der Waals surface area (Å²) in [7, 11) is 0. The molecule has 0 spiro atoms. The molecule has 4 nitrogen and oxygen atoms in total. The van der Waals surface area contributed by atoms with E-state index in [0.29, 0.717) is 17.5 Å². The van der Waals surface area contributed by atoms with Crippen LogP contribution < -0.4 is 0 Å². The van der Waals surface area contributed by atoms with Crippen molar-refractivity contribution in [3.63, 3.8) is 0 Å². The molecule has 0 saturated heterocycles. The highest BCUT2D eigenvalue weighted by Crippen LogP contribution is 2.20. The summed E-state index contributed by atoms with van der Waals surface area (Å²) in [5.74, 6) is 0.549. The molecule has 2 aromatic rings. The third-order valence-electron chi connectivity index (χ3n) is 3.77. The Morgan fingerprint density at radius 3 is 2.59 bits per heavy atom. The van der Waals surface area contributed by atoms with Gasteiger partial charge in [0.1, 0.15) is 0 Å². The molecular formula is C17H19N3OS. The molecule has 0 fully saturated rings. The molecule has 0 saturated carbocycles. The highest BCUT2D eigenvalue weighted by atomic mass is 32.2. The van der Waals surface area contributed by atoms with E-state index in [-0.39, 0.29) is 5.91 Å². The number of fused-ring (bicyclic) bond motifs is 1. The van der Waals surface area contributed by atoms with Gasteiger partial charge in [0.15, 0.2) is 5.16 Å². The predicted octanol–water partition coefficient (Wildman–Crippen LogP) is 2.77. The molecule has 3 rings (SSSR count). The highest BCUT2D eigenvalue weighted by Gasteiger charge is 2.20. The van der Waals surface area contributed by atoms with Crippen molar-refractivity contribution in [3.8, 4) is 0 Å². The number of thioether (sulfide) groups is 1. The fraction of sp³-hybridized carbons (Fsp3) is 0.353. The van der Waals surface area contributed by atoms with Crippen LogP contribution in [0, 0.1) is 13.8 Å². The van der Waals surface area contributed by atoms with Crippen molar-refractivity contribution in [2.24, 2.45) is 0 Å². The summed E-state index contributed by atoms with van der Waals surface area (Å²) in [5, 5.41) is 0.684. The molecule has 0 N–H and O–H groups in total. The summed E-state index contributed by atoms with van der Waals surface area (Å²) < 4.78 is 0. The van der Waals surface area contributed by atoms with Gasteiger partial charge in [0, 0.05) is 24.5 Å². The Bertz CT molecular complexity index is 682. The summed E-state index contributed by atoms with van der Waals surface area (Å²) in [6.45, 7) is 5.40. The molecule has 0 bridgehead atoms. The summed E-state index contributed by atoms with van der Waals surface area (Å²) in [5.41, 5.74) is 4.50. The van der Waals surface area contributed by atoms with Crippen molar-refractivity contribution < 1.29 is 4.79 Å². The van der Waals surface area contributed by atoms with Crippen LogP contribution in [0.25, 0.3) is 0 Å². The van der Waals surface area contributed by atoms with Gasteiger partial charge < -0.3 is 4.90 Å². The van der Waals surface area contributed by atoms with Crippen LogP contribution in [0.5, 0.6) is 0 Å². The minimum Gasteiger partial charge on any atom is -0.337 e. The first-order valence-corrected chi connectivity index (χ1v) is 8.40. The Labute approximate surface area is 135 Å². The summed E-state index contributed by atoms with van der Waals surface area (Å²) in [4.78, 5) is 23.1. The summed E-state index contributed by atoms with van der Waals surface area (Å²) >= 11 is 1.42. The second-order valence-electron chi connectivity index (χ2n) is 5.56. The van der Waals surface area contributed by atoms with Gasteiger partial charge in [-0.3, -0.25) is 4.79 Å². The van der Waals surface area contributed by atoms with E-state index in [1.807, 2.05) is 30.9 Å². The zero-order chi connectivity index (χ0) is 15.5. The van der Waals surface area contributed by atoms with Crippen LogP contribution >= 0.6 is 11.8 Å². The first kappa shape index (κ1) is 15.0. The molecule has 0 atom stereocenters. The van der Waals surface area contributed by atoms with Gasteiger partial charge >= 0.3 is 0 Å². The van der Waals surface area contributed by atoms with Gasteiger partial charge in [0.25, 0.3) is 0 Å². The van der Waals surface area contributed by atoms with Gasteiger partial charge in [-0.2, -0.15) is 0 Å². The number of aryl methyl sites for hydroxylation is 2. The van der Waals surface area contributed by atoms with E-state index in [0.717, 1.165) is 24.4 Å². The van der Waals surface area contributed by atoms with E-state index in [1.54, 1.807) is 0 Å². The number of aromatic nitrogens is 2. The standard InChI is InChI=1S/C17H19N3OS/c1-12-9-13(2)19-17(18-12)22-11-16(21)20-8-7-14-5-3-4-6-15(14)10-20/h3-6,9H,7-8,10-11H2,1-2H3. The molecule has 0 radical (unpaired) electrons. The lowest BCUT2D eigenvalue weighted by atomic mass is 10.00. The molecule has 1 aromatic carbocycles. The lowest BCUT2D eigenvalue weighted by Crippen LogP contribution is -2.37. The zero-order valence-corrected chi connectivity index (χ0v) is 13.7. The van der Waals surface area contributed by atoms with Crippen molar-refractivity contribution >= 4 is 17.7 Å². The van der Waals surface area contributed by atoms with E-state index < -0.39 is 0 Å². The molecule has 0 aliphatic carbocycles. The minimum absolute atomic E-state index is 0.155. The van der Waals surface area contributed by atoms with Crippen LogP contribution in [-0.4, -0.2) is 33.1 Å². The quantitative estimate of drug-likeness (QED) is 0.646. The zero-order valence-electron chi connectivity index (χ0n) is 12.9. The maximum Gasteiger partial charge on any atom is 0.233 e. The van der Waals surface area contributed by atoms with Crippen molar-refractivity contribution in [1.29, 1.82) is 0 Å². The molecule has 1 aromatic heterocycles. The van der Waals surface area contributed by atoms with Gasteiger partial charge in [0.05, 0.1) is 5.75 Å². The normalized spacial score (nSPS) is 13.8. The average Bonchev–Trinajstić information content (AvgIpc) is 2.51. The van der Waals surface area contributed by atoms with Gasteiger partial charge in [-0.05, 0) is 37.5 Å². The second kappa shape index (κ2) is 6.48. The largest absolute Gasteiger partial charge is 0.337 e. The lowest BCUT2D eigenvalue weighted by molar-refractivity contribution is -0.129. The van der Waals surface area contributed by atoms with E-state index in [2.05, 4.69) is 28.2 Å². The maximum atomic E-state index is 12.4. The molecule has 1 amide bonds. The fourth-order valence-corrected chi connectivity index (χ4v) is 3.54. The third kappa shape index (κ3) is 3.47. The Balaban J connectivity index is 1.61. The molecule has 1 aliphatic heterocycles. The van der Waals surface area contributed by atoms with Crippen LogP contribution in [0.15, 0.2) is 35.5 Å². The fourth-order valence-electron chi connectivity index (χ4n) is 2.68. The number of carbonyl (C=O) groups excluding carboxylic acids is 1.